The lowest BCUT2D eigenvalue weighted by atomic mass is 10.3. The van der Waals surface area contributed by atoms with Gasteiger partial charge in [0.15, 0.2) is 0 Å². The van der Waals surface area contributed by atoms with Crippen molar-refractivity contribution >= 4 is 6.09 Å². The number of unbranched alkanes of at least 4 members (excludes halogenated alkanes) is 1. The lowest BCUT2D eigenvalue weighted by molar-refractivity contribution is -0.386. The second kappa shape index (κ2) is 5.90. The first-order valence-corrected chi connectivity index (χ1v) is 3.20. The third-order valence-corrected chi connectivity index (χ3v) is 1.10. The molecule has 0 rings (SSSR count). The molecule has 2 N–H and O–H groups in total. The van der Waals surface area contributed by atoms with Gasteiger partial charge in [-0.05, 0) is 6.42 Å². The van der Waals surface area contributed by atoms with Crippen LogP contribution in [0.4, 0.5) is 4.79 Å². The molecular weight excluding hydrogens is 154 g/mol. The summed E-state index contributed by atoms with van der Waals surface area (Å²) in [4.78, 5) is 17.3. The minimum atomic E-state index is -1.14. The Hall–Kier alpha value is -0.850. The minimum Gasteiger partial charge on any atom is -0.276 e. The van der Waals surface area contributed by atoms with Crippen LogP contribution in [0.2, 0.25) is 0 Å². The van der Waals surface area contributed by atoms with Crippen LogP contribution in [0.3, 0.4) is 0 Å². The molecule has 66 valence electrons. The molecule has 6 nitrogen and oxygen atoms in total. The molecule has 11 heavy (non-hydrogen) atoms. The Morgan fingerprint density at radius 1 is 1.55 bits per heavy atom. The van der Waals surface area contributed by atoms with E-state index in [1.165, 1.54) is 0 Å². The fourth-order valence-electron chi connectivity index (χ4n) is 0.513. The van der Waals surface area contributed by atoms with E-state index >= 15 is 0 Å². The summed E-state index contributed by atoms with van der Waals surface area (Å²) < 4.78 is 0. The Kier molecular flexibility index (Phi) is 5.44. The molecule has 6 heteroatoms. The zero-order valence-corrected chi connectivity index (χ0v) is 6.19. The lowest BCUT2D eigenvalue weighted by Gasteiger charge is -2.12. The van der Waals surface area contributed by atoms with Crippen molar-refractivity contribution in [3.63, 3.8) is 0 Å². The van der Waals surface area contributed by atoms with Gasteiger partial charge in [0.25, 0.3) is 0 Å². The second-order valence-electron chi connectivity index (χ2n) is 1.89. The third-order valence-electron chi connectivity index (χ3n) is 1.10. The van der Waals surface area contributed by atoms with Crippen LogP contribution in [0.15, 0.2) is 0 Å². The third kappa shape index (κ3) is 3.76. The molecule has 0 aliphatic heterocycles. The predicted octanol–water partition coefficient (Wildman–Crippen LogP) is 1.10. The van der Waals surface area contributed by atoms with Gasteiger partial charge in [0.1, 0.15) is 0 Å². The van der Waals surface area contributed by atoms with Gasteiger partial charge in [0, 0.05) is 0 Å². The average Bonchev–Trinajstić information content (AvgIpc) is 2.05. The van der Waals surface area contributed by atoms with Crippen molar-refractivity contribution in [2.75, 3.05) is 6.54 Å². The largest absolute Gasteiger partial charge is 0.467 e. The van der Waals surface area contributed by atoms with E-state index in [-0.39, 0.29) is 6.54 Å². The van der Waals surface area contributed by atoms with Gasteiger partial charge in [-0.1, -0.05) is 13.3 Å². The zero-order chi connectivity index (χ0) is 8.69. The normalized spacial score (nSPS) is 9.36. The van der Waals surface area contributed by atoms with E-state index in [1.54, 1.807) is 0 Å². The maximum atomic E-state index is 10.4. The fourth-order valence-corrected chi connectivity index (χ4v) is 0.513. The molecule has 0 unspecified atom stereocenters. The maximum absolute atomic E-state index is 10.4. The Morgan fingerprint density at radius 3 is 2.55 bits per heavy atom. The minimum absolute atomic E-state index is 0.173. The Morgan fingerprint density at radius 2 is 2.18 bits per heavy atom. The highest BCUT2D eigenvalue weighted by molar-refractivity contribution is 5.65. The molecule has 0 radical (unpaired) electrons. The highest BCUT2D eigenvalue weighted by Gasteiger charge is 2.14. The summed E-state index contributed by atoms with van der Waals surface area (Å²) in [5.41, 5.74) is 0. The van der Waals surface area contributed by atoms with Crippen LogP contribution < -0.4 is 0 Å². The molecule has 0 saturated heterocycles. The monoisotopic (exact) mass is 165 g/mol. The molecular formula is C5H11NO5. The van der Waals surface area contributed by atoms with Crippen molar-refractivity contribution in [1.82, 2.24) is 5.06 Å². The summed E-state index contributed by atoms with van der Waals surface area (Å²) in [5, 5.41) is 16.4. The molecule has 0 spiro atoms. The number of carbonyl (C=O) groups excluding carboxylic acids is 1. The first kappa shape index (κ1) is 10.2. The summed E-state index contributed by atoms with van der Waals surface area (Å²) in [6.45, 7) is 2.08. The Bertz CT molecular complexity index is 117. The van der Waals surface area contributed by atoms with E-state index in [2.05, 4.69) is 9.88 Å². The lowest BCUT2D eigenvalue weighted by Crippen LogP contribution is -2.30. The first-order chi connectivity index (χ1) is 5.26. The van der Waals surface area contributed by atoms with Crippen molar-refractivity contribution in [3.8, 4) is 0 Å². The van der Waals surface area contributed by atoms with Crippen LogP contribution in [0.5, 0.6) is 0 Å². The number of amides is 1. The average molecular weight is 165 g/mol. The topological polar surface area (TPSA) is 79.2 Å². The van der Waals surface area contributed by atoms with Crippen LogP contribution in [0, 0.1) is 0 Å². The molecule has 0 bridgehead atoms. The summed E-state index contributed by atoms with van der Waals surface area (Å²) >= 11 is 0. The number of hydroxylamine groups is 2. The molecule has 0 atom stereocenters. The van der Waals surface area contributed by atoms with Gasteiger partial charge < -0.3 is 0 Å². The second-order valence-corrected chi connectivity index (χ2v) is 1.89. The van der Waals surface area contributed by atoms with E-state index in [0.29, 0.717) is 11.5 Å². The van der Waals surface area contributed by atoms with E-state index in [4.69, 9.17) is 10.5 Å². The first-order valence-electron chi connectivity index (χ1n) is 3.20. The molecule has 1 amide bonds. The summed E-state index contributed by atoms with van der Waals surface area (Å²) in [6, 6.07) is 0. The molecule has 0 aromatic carbocycles. The van der Waals surface area contributed by atoms with Crippen molar-refractivity contribution in [2.24, 2.45) is 0 Å². The van der Waals surface area contributed by atoms with E-state index in [0.717, 1.165) is 6.42 Å². The Balaban J connectivity index is 3.65. The fraction of sp³-hybridized carbons (Fsp3) is 0.800. The van der Waals surface area contributed by atoms with Gasteiger partial charge in [0.05, 0.1) is 6.54 Å². The van der Waals surface area contributed by atoms with Crippen LogP contribution >= 0.6 is 0 Å². The smallest absolute Gasteiger partial charge is 0.276 e. The molecule has 0 aliphatic rings. The van der Waals surface area contributed by atoms with Gasteiger partial charge in [-0.2, -0.15) is 10.3 Å². The van der Waals surface area contributed by atoms with E-state index < -0.39 is 6.09 Å². The molecule has 0 aliphatic carbocycles. The maximum Gasteiger partial charge on any atom is 0.467 e. The summed E-state index contributed by atoms with van der Waals surface area (Å²) in [5.74, 6) is 0. The van der Waals surface area contributed by atoms with Gasteiger partial charge in [0.2, 0.25) is 0 Å². The number of carbonyl (C=O) groups is 1. The van der Waals surface area contributed by atoms with Crippen LogP contribution in [-0.4, -0.2) is 28.2 Å². The van der Waals surface area contributed by atoms with Gasteiger partial charge in [-0.3, -0.25) is 4.89 Å². The molecule has 0 heterocycles. The van der Waals surface area contributed by atoms with Gasteiger partial charge in [-0.25, -0.2) is 10.1 Å². The Labute approximate surface area is 63.7 Å². The highest BCUT2D eigenvalue weighted by atomic mass is 17.2. The van der Waals surface area contributed by atoms with Gasteiger partial charge >= 0.3 is 6.09 Å². The summed E-state index contributed by atoms with van der Waals surface area (Å²) in [7, 11) is 0. The number of rotatable bonds is 4. The van der Waals surface area contributed by atoms with Gasteiger partial charge in [-0.15, -0.1) is 4.99 Å². The quantitative estimate of drug-likeness (QED) is 0.481. The van der Waals surface area contributed by atoms with Crippen molar-refractivity contribution in [1.29, 1.82) is 0 Å². The summed E-state index contributed by atoms with van der Waals surface area (Å²) in [6.07, 6.45) is 0.342. The highest BCUT2D eigenvalue weighted by Crippen LogP contribution is 1.96. The number of hydrogen-bond acceptors (Lipinski definition) is 5. The molecule has 0 saturated carbocycles. The van der Waals surface area contributed by atoms with Crippen LogP contribution in [0.25, 0.3) is 0 Å². The predicted molar refractivity (Wildman–Crippen MR) is 34.4 cm³/mol. The molecule has 0 aromatic rings. The molecule has 0 aromatic heterocycles. The standard InChI is InChI=1S/C5H11NO5/c1-2-3-4-6(11-9)5(7)10-8/h8-9H,2-4H2,1H3. The zero-order valence-electron chi connectivity index (χ0n) is 6.19. The number of hydrogen-bond donors (Lipinski definition) is 2. The van der Waals surface area contributed by atoms with Crippen molar-refractivity contribution in [3.05, 3.63) is 0 Å². The van der Waals surface area contributed by atoms with Crippen molar-refractivity contribution in [2.45, 2.75) is 19.8 Å². The number of nitrogens with zero attached hydrogens (tertiary/aromatic N) is 1. The van der Waals surface area contributed by atoms with Crippen LogP contribution in [0.1, 0.15) is 19.8 Å². The van der Waals surface area contributed by atoms with E-state index in [1.807, 2.05) is 6.92 Å². The molecule has 0 fully saturated rings. The van der Waals surface area contributed by atoms with E-state index in [9.17, 15) is 4.79 Å². The van der Waals surface area contributed by atoms with Crippen LogP contribution in [-0.2, 0) is 9.88 Å². The SMILES string of the molecule is CCCCN(OO)C(=O)OO. The van der Waals surface area contributed by atoms with Crippen molar-refractivity contribution < 1.29 is 25.2 Å².